The molecule has 5 rings (SSSR count). The third-order valence-corrected chi connectivity index (χ3v) is 9.02. The Labute approximate surface area is 164 Å². The number of hydrogen-bond acceptors (Lipinski definition) is 1. The van der Waals surface area contributed by atoms with Crippen LogP contribution in [0.3, 0.4) is 0 Å². The molecule has 2 saturated carbocycles. The summed E-state index contributed by atoms with van der Waals surface area (Å²) < 4.78 is 0. The van der Waals surface area contributed by atoms with Gasteiger partial charge in [0.2, 0.25) is 0 Å². The number of fused-ring (bicyclic) bond motifs is 5. The van der Waals surface area contributed by atoms with Crippen molar-refractivity contribution in [3.8, 4) is 0 Å². The Morgan fingerprint density at radius 2 is 1.63 bits per heavy atom. The van der Waals surface area contributed by atoms with Crippen molar-refractivity contribution in [2.75, 3.05) is 0 Å². The van der Waals surface area contributed by atoms with Crippen LogP contribution in [-0.4, -0.2) is 11.2 Å². The molecule has 144 valence electrons. The fourth-order valence-corrected chi connectivity index (χ4v) is 7.39. The van der Waals surface area contributed by atoms with E-state index in [4.69, 9.17) is 0 Å². The van der Waals surface area contributed by atoms with Gasteiger partial charge in [0, 0.05) is 0 Å². The van der Waals surface area contributed by atoms with Crippen LogP contribution in [0.25, 0.3) is 5.57 Å². The van der Waals surface area contributed by atoms with E-state index in [9.17, 15) is 5.11 Å². The Morgan fingerprint density at radius 1 is 0.889 bits per heavy atom. The molecule has 0 spiro atoms. The van der Waals surface area contributed by atoms with E-state index in [1.54, 1.807) is 11.1 Å². The Balaban J connectivity index is 1.46. The molecule has 1 N–H and O–H groups in total. The van der Waals surface area contributed by atoms with E-state index < -0.39 is 0 Å². The van der Waals surface area contributed by atoms with Gasteiger partial charge < -0.3 is 5.11 Å². The molecule has 0 saturated heterocycles. The summed E-state index contributed by atoms with van der Waals surface area (Å²) in [6.45, 7) is 7.25. The van der Waals surface area contributed by atoms with Crippen LogP contribution >= 0.6 is 0 Å². The fraction of sp³-hybridized carbons (Fsp3) is 0.615. The predicted octanol–water partition coefficient (Wildman–Crippen LogP) is 6.31. The normalized spacial score (nSPS) is 43.3. The highest BCUT2D eigenvalue weighted by Gasteiger charge is 2.56. The zero-order valence-electron chi connectivity index (χ0n) is 17.2. The summed E-state index contributed by atoms with van der Waals surface area (Å²) in [7, 11) is 0. The van der Waals surface area contributed by atoms with Gasteiger partial charge >= 0.3 is 0 Å². The van der Waals surface area contributed by atoms with Crippen LogP contribution in [0.4, 0.5) is 0 Å². The lowest BCUT2D eigenvalue weighted by molar-refractivity contribution is -0.0238. The third kappa shape index (κ3) is 2.54. The Morgan fingerprint density at radius 3 is 2.41 bits per heavy atom. The maximum absolute atomic E-state index is 10.2. The molecule has 1 aromatic carbocycles. The molecule has 1 aromatic rings. The van der Waals surface area contributed by atoms with Crippen molar-refractivity contribution in [2.24, 2.45) is 28.6 Å². The Kier molecular flexibility index (Phi) is 3.99. The predicted molar refractivity (Wildman–Crippen MR) is 112 cm³/mol. The van der Waals surface area contributed by atoms with Crippen LogP contribution in [-0.2, 0) is 0 Å². The zero-order valence-corrected chi connectivity index (χ0v) is 17.2. The van der Waals surface area contributed by atoms with Gasteiger partial charge in [-0.25, -0.2) is 0 Å². The smallest absolute Gasteiger partial charge is 0.0577 e. The molecule has 0 amide bonds. The SMILES string of the molecule is Cc1ccc(C2=CCC3C4CC=C5CC(O)CCC5(C)C4CCC23C)cc1. The van der Waals surface area contributed by atoms with Gasteiger partial charge in [0.05, 0.1) is 6.10 Å². The number of benzene rings is 1. The molecular formula is C26H34O. The van der Waals surface area contributed by atoms with Crippen molar-refractivity contribution < 1.29 is 5.11 Å². The average Bonchev–Trinajstić information content (AvgIpc) is 3.00. The standard InChI is InChI=1S/C26H34O/c1-17-4-6-18(7-5-17)22-10-11-23-21-9-8-19-16-20(27)12-14-25(19,2)24(21)13-15-26(22,23)3/h4-8,10,20-21,23-24,27H,9,11-16H2,1-3H3. The van der Waals surface area contributed by atoms with Crippen molar-refractivity contribution >= 4 is 5.57 Å². The van der Waals surface area contributed by atoms with E-state index in [1.165, 1.54) is 43.2 Å². The van der Waals surface area contributed by atoms with E-state index >= 15 is 0 Å². The van der Waals surface area contributed by atoms with Crippen LogP contribution in [0, 0.1) is 35.5 Å². The van der Waals surface area contributed by atoms with Gasteiger partial charge in [-0.3, -0.25) is 0 Å². The zero-order chi connectivity index (χ0) is 18.8. The van der Waals surface area contributed by atoms with Gasteiger partial charge in [-0.05, 0) is 91.6 Å². The average molecular weight is 363 g/mol. The molecule has 0 radical (unpaired) electrons. The minimum absolute atomic E-state index is 0.101. The number of aliphatic hydroxyl groups is 1. The van der Waals surface area contributed by atoms with Crippen molar-refractivity contribution in [1.82, 2.24) is 0 Å². The van der Waals surface area contributed by atoms with Gasteiger partial charge in [0.1, 0.15) is 0 Å². The van der Waals surface area contributed by atoms with Gasteiger partial charge in [0.25, 0.3) is 0 Å². The number of hydrogen-bond donors (Lipinski definition) is 1. The first kappa shape index (κ1) is 17.7. The van der Waals surface area contributed by atoms with Crippen molar-refractivity contribution in [2.45, 2.75) is 71.8 Å². The fourth-order valence-electron chi connectivity index (χ4n) is 7.39. The Bertz CT molecular complexity index is 800. The van der Waals surface area contributed by atoms with E-state index in [1.807, 2.05) is 0 Å². The molecule has 1 heteroatoms. The molecule has 0 aliphatic heterocycles. The van der Waals surface area contributed by atoms with Gasteiger partial charge in [0.15, 0.2) is 0 Å². The summed E-state index contributed by atoms with van der Waals surface area (Å²) in [6.07, 6.45) is 13.3. The van der Waals surface area contributed by atoms with Gasteiger partial charge in [-0.1, -0.05) is 61.4 Å². The van der Waals surface area contributed by atoms with E-state index in [0.29, 0.717) is 10.8 Å². The summed E-state index contributed by atoms with van der Waals surface area (Å²) in [6, 6.07) is 9.21. The molecule has 27 heavy (non-hydrogen) atoms. The van der Waals surface area contributed by atoms with Gasteiger partial charge in [-0.15, -0.1) is 0 Å². The highest BCUT2D eigenvalue weighted by Crippen LogP contribution is 2.66. The Hall–Kier alpha value is -1.34. The summed E-state index contributed by atoms with van der Waals surface area (Å²) >= 11 is 0. The van der Waals surface area contributed by atoms with Crippen LogP contribution in [0.5, 0.6) is 0 Å². The summed E-state index contributed by atoms with van der Waals surface area (Å²) in [5.74, 6) is 2.41. The summed E-state index contributed by atoms with van der Waals surface area (Å²) in [4.78, 5) is 0. The number of rotatable bonds is 1. The van der Waals surface area contributed by atoms with Crippen LogP contribution in [0.15, 0.2) is 42.0 Å². The largest absolute Gasteiger partial charge is 0.393 e. The first-order valence-electron chi connectivity index (χ1n) is 11.1. The second kappa shape index (κ2) is 6.08. The van der Waals surface area contributed by atoms with Crippen molar-refractivity contribution in [3.63, 3.8) is 0 Å². The molecule has 0 heterocycles. The van der Waals surface area contributed by atoms with Crippen molar-refractivity contribution in [1.29, 1.82) is 0 Å². The second-order valence-corrected chi connectivity index (χ2v) is 10.3. The van der Waals surface area contributed by atoms with E-state index in [0.717, 1.165) is 30.6 Å². The van der Waals surface area contributed by atoms with Crippen LogP contribution in [0.2, 0.25) is 0 Å². The van der Waals surface area contributed by atoms with Crippen molar-refractivity contribution in [3.05, 3.63) is 53.1 Å². The molecule has 4 aliphatic carbocycles. The topological polar surface area (TPSA) is 20.2 Å². The minimum atomic E-state index is -0.101. The quantitative estimate of drug-likeness (QED) is 0.580. The molecule has 6 atom stereocenters. The van der Waals surface area contributed by atoms with Crippen LogP contribution < -0.4 is 0 Å². The minimum Gasteiger partial charge on any atom is -0.393 e. The van der Waals surface area contributed by atoms with E-state index in [2.05, 4.69) is 57.2 Å². The number of aliphatic hydroxyl groups excluding tert-OH is 1. The molecule has 2 fully saturated rings. The lowest BCUT2D eigenvalue weighted by Crippen LogP contribution is -2.49. The molecule has 4 aliphatic rings. The van der Waals surface area contributed by atoms with E-state index in [-0.39, 0.29) is 6.10 Å². The first-order chi connectivity index (χ1) is 12.9. The number of allylic oxidation sites excluding steroid dienone is 3. The maximum Gasteiger partial charge on any atom is 0.0577 e. The molecule has 0 bridgehead atoms. The highest BCUT2D eigenvalue weighted by atomic mass is 16.3. The molecule has 6 unspecified atom stereocenters. The molecule has 0 aromatic heterocycles. The van der Waals surface area contributed by atoms with Crippen LogP contribution in [0.1, 0.15) is 69.9 Å². The first-order valence-corrected chi connectivity index (χ1v) is 11.1. The lowest BCUT2D eigenvalue weighted by Gasteiger charge is -2.57. The lowest BCUT2D eigenvalue weighted by atomic mass is 9.47. The summed E-state index contributed by atoms with van der Waals surface area (Å²) in [5.41, 5.74) is 6.67. The third-order valence-electron chi connectivity index (χ3n) is 9.02. The maximum atomic E-state index is 10.2. The molecular weight excluding hydrogens is 328 g/mol. The number of aryl methyl sites for hydroxylation is 1. The monoisotopic (exact) mass is 362 g/mol. The highest BCUT2D eigenvalue weighted by molar-refractivity contribution is 5.73. The summed E-state index contributed by atoms with van der Waals surface area (Å²) in [5, 5.41) is 10.2. The van der Waals surface area contributed by atoms with Gasteiger partial charge in [-0.2, -0.15) is 0 Å². The molecule has 1 nitrogen and oxygen atoms in total. The second-order valence-electron chi connectivity index (χ2n) is 10.3.